The van der Waals surface area contributed by atoms with Gasteiger partial charge >= 0.3 is 0 Å². The Morgan fingerprint density at radius 1 is 0.828 bits per heavy atom. The Bertz CT molecular complexity index is 683. The monoisotopic (exact) mass is 398 g/mol. The van der Waals surface area contributed by atoms with Gasteiger partial charge < -0.3 is 15.0 Å². The van der Waals surface area contributed by atoms with Gasteiger partial charge in [-0.15, -0.1) is 0 Å². The quantitative estimate of drug-likeness (QED) is 0.804. The summed E-state index contributed by atoms with van der Waals surface area (Å²) in [5.74, 6) is 1.39. The van der Waals surface area contributed by atoms with E-state index in [1.807, 2.05) is 29.2 Å². The summed E-state index contributed by atoms with van der Waals surface area (Å²) in [6, 6.07) is 7.65. The molecule has 1 aromatic rings. The lowest BCUT2D eigenvalue weighted by molar-refractivity contribution is -0.137. The van der Waals surface area contributed by atoms with E-state index in [2.05, 4.69) is 5.32 Å². The highest BCUT2D eigenvalue weighted by Crippen LogP contribution is 2.27. The second kappa shape index (κ2) is 9.64. The normalized spacial score (nSPS) is 21.9. The van der Waals surface area contributed by atoms with Gasteiger partial charge in [0.05, 0.1) is 6.10 Å². The van der Waals surface area contributed by atoms with Crippen LogP contribution < -0.4 is 10.1 Å². The van der Waals surface area contributed by atoms with Crippen molar-refractivity contribution < 1.29 is 14.3 Å². The zero-order valence-electron chi connectivity index (χ0n) is 17.4. The maximum Gasteiger partial charge on any atom is 0.251 e. The third kappa shape index (κ3) is 5.31. The van der Waals surface area contributed by atoms with Gasteiger partial charge in [-0.25, -0.2) is 0 Å². The van der Waals surface area contributed by atoms with Gasteiger partial charge in [0, 0.05) is 30.6 Å². The largest absolute Gasteiger partial charge is 0.490 e. The van der Waals surface area contributed by atoms with E-state index < -0.39 is 0 Å². The molecule has 3 fully saturated rings. The van der Waals surface area contributed by atoms with Gasteiger partial charge in [0.1, 0.15) is 5.75 Å². The average molecular weight is 399 g/mol. The molecule has 1 aromatic carbocycles. The molecule has 2 amide bonds. The molecule has 1 heterocycles. The van der Waals surface area contributed by atoms with Gasteiger partial charge in [-0.05, 0) is 75.6 Å². The fraction of sp³-hybridized carbons (Fsp3) is 0.667. The van der Waals surface area contributed by atoms with Gasteiger partial charge in [-0.2, -0.15) is 0 Å². The fourth-order valence-electron chi connectivity index (χ4n) is 5.00. The van der Waals surface area contributed by atoms with E-state index >= 15 is 0 Å². The van der Waals surface area contributed by atoms with Crippen LogP contribution in [0.2, 0.25) is 0 Å². The Morgan fingerprint density at radius 3 is 2.10 bits per heavy atom. The first-order valence-corrected chi connectivity index (χ1v) is 11.6. The van der Waals surface area contributed by atoms with Crippen LogP contribution in [0.3, 0.4) is 0 Å². The van der Waals surface area contributed by atoms with Crippen molar-refractivity contribution in [1.82, 2.24) is 10.2 Å². The summed E-state index contributed by atoms with van der Waals surface area (Å²) >= 11 is 0. The maximum absolute atomic E-state index is 12.7. The molecule has 1 aliphatic heterocycles. The maximum atomic E-state index is 12.7. The summed E-state index contributed by atoms with van der Waals surface area (Å²) < 4.78 is 5.97. The topological polar surface area (TPSA) is 58.6 Å². The molecule has 0 radical (unpaired) electrons. The second-order valence-corrected chi connectivity index (χ2v) is 8.96. The minimum Gasteiger partial charge on any atom is -0.490 e. The lowest BCUT2D eigenvalue weighted by atomic mass is 9.87. The van der Waals surface area contributed by atoms with Gasteiger partial charge in [0.25, 0.3) is 5.91 Å². The Morgan fingerprint density at radius 2 is 1.45 bits per heavy atom. The smallest absolute Gasteiger partial charge is 0.251 e. The van der Waals surface area contributed by atoms with Crippen LogP contribution in [0.25, 0.3) is 0 Å². The highest BCUT2D eigenvalue weighted by Gasteiger charge is 2.29. The van der Waals surface area contributed by atoms with Crippen molar-refractivity contribution >= 4 is 11.8 Å². The highest BCUT2D eigenvalue weighted by molar-refractivity contribution is 5.94. The standard InChI is InChI=1S/C24H34N2O3/c27-23(18-10-12-22(13-11-18)29-21-8-4-5-9-21)25-20-14-16-26(17-15-20)24(28)19-6-2-1-3-7-19/h10-13,19-21H,1-9,14-17H2,(H,25,27). The van der Waals surface area contributed by atoms with E-state index in [0.717, 1.165) is 57.4 Å². The third-order valence-electron chi connectivity index (χ3n) is 6.82. The van der Waals surface area contributed by atoms with E-state index in [0.29, 0.717) is 17.6 Å². The number of nitrogens with one attached hydrogen (secondary N) is 1. The Balaban J connectivity index is 1.22. The summed E-state index contributed by atoms with van der Waals surface area (Å²) in [4.78, 5) is 27.3. The molecule has 5 nitrogen and oxygen atoms in total. The number of hydrogen-bond donors (Lipinski definition) is 1. The molecule has 2 saturated carbocycles. The molecular weight excluding hydrogens is 364 g/mol. The highest BCUT2D eigenvalue weighted by atomic mass is 16.5. The summed E-state index contributed by atoms with van der Waals surface area (Å²) in [5.41, 5.74) is 0.671. The van der Waals surface area contributed by atoms with Crippen molar-refractivity contribution in [2.75, 3.05) is 13.1 Å². The van der Waals surface area contributed by atoms with Gasteiger partial charge in [0.2, 0.25) is 5.91 Å². The number of carbonyl (C=O) groups excluding carboxylic acids is 2. The van der Waals surface area contributed by atoms with Crippen LogP contribution in [0, 0.1) is 5.92 Å². The van der Waals surface area contributed by atoms with E-state index in [1.54, 1.807) is 0 Å². The number of piperidine rings is 1. The molecule has 2 aliphatic carbocycles. The first-order chi connectivity index (χ1) is 14.2. The van der Waals surface area contributed by atoms with Crippen LogP contribution in [0.15, 0.2) is 24.3 Å². The summed E-state index contributed by atoms with van der Waals surface area (Å²) in [6.07, 6.45) is 12.5. The lowest BCUT2D eigenvalue weighted by Crippen LogP contribution is -2.48. The molecule has 3 aliphatic rings. The Hall–Kier alpha value is -2.04. The third-order valence-corrected chi connectivity index (χ3v) is 6.82. The fourth-order valence-corrected chi connectivity index (χ4v) is 5.00. The number of ether oxygens (including phenoxy) is 1. The van der Waals surface area contributed by atoms with Crippen LogP contribution in [-0.2, 0) is 4.79 Å². The molecule has 0 aromatic heterocycles. The average Bonchev–Trinajstić information content (AvgIpc) is 3.28. The number of hydrogen-bond acceptors (Lipinski definition) is 3. The van der Waals surface area contributed by atoms with Gasteiger partial charge in [0.15, 0.2) is 0 Å². The molecule has 5 heteroatoms. The van der Waals surface area contributed by atoms with Crippen molar-refractivity contribution in [2.24, 2.45) is 5.92 Å². The molecular formula is C24H34N2O3. The number of nitrogens with zero attached hydrogens (tertiary/aromatic N) is 1. The molecule has 0 unspecified atom stereocenters. The number of benzene rings is 1. The summed E-state index contributed by atoms with van der Waals surface area (Å²) in [7, 11) is 0. The minimum atomic E-state index is -0.0329. The molecule has 4 rings (SSSR count). The van der Waals surface area contributed by atoms with Crippen LogP contribution in [0.5, 0.6) is 5.75 Å². The number of rotatable bonds is 5. The van der Waals surface area contributed by atoms with Crippen molar-refractivity contribution in [3.8, 4) is 5.75 Å². The van der Waals surface area contributed by atoms with Crippen molar-refractivity contribution in [1.29, 1.82) is 0 Å². The van der Waals surface area contributed by atoms with E-state index in [-0.39, 0.29) is 17.9 Å². The predicted molar refractivity (Wildman–Crippen MR) is 113 cm³/mol. The van der Waals surface area contributed by atoms with E-state index in [9.17, 15) is 9.59 Å². The van der Waals surface area contributed by atoms with Crippen molar-refractivity contribution in [3.05, 3.63) is 29.8 Å². The Labute approximate surface area is 174 Å². The van der Waals surface area contributed by atoms with E-state index in [1.165, 1.54) is 32.1 Å². The van der Waals surface area contributed by atoms with Crippen LogP contribution >= 0.6 is 0 Å². The molecule has 1 N–H and O–H groups in total. The number of carbonyl (C=O) groups is 2. The summed E-state index contributed by atoms with van der Waals surface area (Å²) in [6.45, 7) is 1.52. The molecule has 0 spiro atoms. The lowest BCUT2D eigenvalue weighted by Gasteiger charge is -2.35. The first kappa shape index (κ1) is 20.2. The zero-order chi connectivity index (χ0) is 20.1. The van der Waals surface area contributed by atoms with Crippen LogP contribution in [-0.4, -0.2) is 41.9 Å². The van der Waals surface area contributed by atoms with Gasteiger partial charge in [-0.3, -0.25) is 9.59 Å². The van der Waals surface area contributed by atoms with E-state index in [4.69, 9.17) is 4.74 Å². The molecule has 0 atom stereocenters. The number of likely N-dealkylation sites (tertiary alicyclic amines) is 1. The predicted octanol–water partition coefficient (Wildman–Crippen LogP) is 4.31. The molecule has 0 bridgehead atoms. The Kier molecular flexibility index (Phi) is 6.73. The van der Waals surface area contributed by atoms with Crippen molar-refractivity contribution in [2.45, 2.75) is 82.8 Å². The van der Waals surface area contributed by atoms with Gasteiger partial charge in [-0.1, -0.05) is 19.3 Å². The van der Waals surface area contributed by atoms with Crippen molar-refractivity contribution in [3.63, 3.8) is 0 Å². The first-order valence-electron chi connectivity index (χ1n) is 11.6. The zero-order valence-corrected chi connectivity index (χ0v) is 17.4. The molecule has 158 valence electrons. The SMILES string of the molecule is O=C(NC1CCN(C(=O)C2CCCCC2)CC1)c1ccc(OC2CCCC2)cc1. The molecule has 29 heavy (non-hydrogen) atoms. The summed E-state index contributed by atoms with van der Waals surface area (Å²) in [5, 5.41) is 3.15. The second-order valence-electron chi connectivity index (χ2n) is 8.96. The number of amides is 2. The van der Waals surface area contributed by atoms with Crippen LogP contribution in [0.1, 0.15) is 81.0 Å². The van der Waals surface area contributed by atoms with Crippen LogP contribution in [0.4, 0.5) is 0 Å². The minimum absolute atomic E-state index is 0.0329. The molecule has 1 saturated heterocycles.